The van der Waals surface area contributed by atoms with Gasteiger partial charge < -0.3 is 9.72 Å². The lowest BCUT2D eigenvalue weighted by molar-refractivity contribution is 0.195. The zero-order valence-electron chi connectivity index (χ0n) is 17.1. The molecule has 1 aliphatic heterocycles. The first-order chi connectivity index (χ1) is 13.7. The lowest BCUT2D eigenvalue weighted by Crippen LogP contribution is -2.38. The van der Waals surface area contributed by atoms with Crippen LogP contribution in [-0.4, -0.2) is 42.1 Å². The number of fused-ring (bicyclic) bond motifs is 2. The molecule has 0 saturated heterocycles. The minimum absolute atomic E-state index is 0.423. The molecule has 0 bridgehead atoms. The topological polar surface area (TPSA) is 28.3 Å². The highest BCUT2D eigenvalue weighted by molar-refractivity contribution is 7.98. The second kappa shape index (κ2) is 8.62. The number of nitrogens with zero attached hydrogens (tertiary/aromatic N) is 1. The smallest absolute Gasteiger partial charge is 0.122 e. The third kappa shape index (κ3) is 3.68. The van der Waals surface area contributed by atoms with Crippen LogP contribution in [0.1, 0.15) is 35.2 Å². The maximum Gasteiger partial charge on any atom is 0.122 e. The van der Waals surface area contributed by atoms with Crippen LogP contribution in [0.3, 0.4) is 0 Å². The summed E-state index contributed by atoms with van der Waals surface area (Å²) in [5, 5.41) is 1.35. The molecule has 1 atom stereocenters. The minimum atomic E-state index is 0.423. The average molecular weight is 395 g/mol. The van der Waals surface area contributed by atoms with E-state index in [1.165, 1.54) is 38.9 Å². The molecular weight excluding hydrogens is 364 g/mol. The highest BCUT2D eigenvalue weighted by Crippen LogP contribution is 2.37. The van der Waals surface area contributed by atoms with Crippen LogP contribution in [-0.2, 0) is 19.3 Å². The molecule has 1 aliphatic rings. The fourth-order valence-electron chi connectivity index (χ4n) is 4.52. The zero-order chi connectivity index (χ0) is 19.5. The molecule has 3 nitrogen and oxygen atoms in total. The maximum atomic E-state index is 5.67. The Morgan fingerprint density at radius 1 is 1.21 bits per heavy atom. The van der Waals surface area contributed by atoms with Crippen molar-refractivity contribution in [3.8, 4) is 5.75 Å². The highest BCUT2D eigenvalue weighted by atomic mass is 32.2. The number of methoxy groups -OCH3 is 1. The van der Waals surface area contributed by atoms with Gasteiger partial charge in [-0.25, -0.2) is 0 Å². The van der Waals surface area contributed by atoms with E-state index in [-0.39, 0.29) is 0 Å². The van der Waals surface area contributed by atoms with Gasteiger partial charge in [-0.15, -0.1) is 0 Å². The number of aryl methyl sites for hydroxylation is 1. The van der Waals surface area contributed by atoms with Gasteiger partial charge in [-0.05, 0) is 59.9 Å². The number of rotatable bonds is 7. The first kappa shape index (κ1) is 19.4. The molecule has 0 saturated carbocycles. The second-order valence-electron chi connectivity index (χ2n) is 7.57. The molecule has 0 radical (unpaired) electrons. The molecule has 0 fully saturated rings. The molecule has 148 valence electrons. The van der Waals surface area contributed by atoms with Crippen molar-refractivity contribution in [2.45, 2.75) is 32.2 Å². The summed E-state index contributed by atoms with van der Waals surface area (Å²) < 4.78 is 5.67. The largest absolute Gasteiger partial charge is 0.496 e. The van der Waals surface area contributed by atoms with Crippen molar-refractivity contribution in [2.75, 3.05) is 32.2 Å². The number of aromatic amines is 1. The SMILES string of the molecule is CCc1cc2c(cc1OC)CCN(CCSC)C2Cc1c[nH]c2ccccc12. The molecular formula is C24H30N2OS. The number of H-pyrrole nitrogens is 1. The van der Waals surface area contributed by atoms with Crippen molar-refractivity contribution in [3.05, 3.63) is 64.8 Å². The molecule has 0 spiro atoms. The van der Waals surface area contributed by atoms with E-state index in [0.717, 1.165) is 38.1 Å². The van der Waals surface area contributed by atoms with Crippen molar-refractivity contribution in [2.24, 2.45) is 0 Å². The molecule has 0 aliphatic carbocycles. The van der Waals surface area contributed by atoms with Gasteiger partial charge in [0, 0.05) is 42.0 Å². The standard InChI is InChI=1S/C24H30N2OS/c1-4-17-13-21-18(15-24(17)27-2)9-10-26(11-12-28-3)23(21)14-19-16-25-22-8-6-5-7-20(19)22/h5-8,13,15-16,23,25H,4,9-12,14H2,1-3H3. The van der Waals surface area contributed by atoms with Gasteiger partial charge in [0.2, 0.25) is 0 Å². The quantitative estimate of drug-likeness (QED) is 0.594. The van der Waals surface area contributed by atoms with Crippen LogP contribution in [0.4, 0.5) is 0 Å². The van der Waals surface area contributed by atoms with Gasteiger partial charge >= 0.3 is 0 Å². The van der Waals surface area contributed by atoms with Crippen molar-refractivity contribution < 1.29 is 4.74 Å². The fraction of sp³-hybridized carbons (Fsp3) is 0.417. The predicted molar refractivity (Wildman–Crippen MR) is 121 cm³/mol. The lowest BCUT2D eigenvalue weighted by atomic mass is 9.86. The molecule has 1 aromatic heterocycles. The monoisotopic (exact) mass is 394 g/mol. The van der Waals surface area contributed by atoms with Gasteiger partial charge in [-0.2, -0.15) is 11.8 Å². The molecule has 28 heavy (non-hydrogen) atoms. The van der Waals surface area contributed by atoms with E-state index in [4.69, 9.17) is 4.74 Å². The Balaban J connectivity index is 1.74. The highest BCUT2D eigenvalue weighted by Gasteiger charge is 2.29. The first-order valence-electron chi connectivity index (χ1n) is 10.2. The molecule has 4 rings (SSSR count). The third-order valence-electron chi connectivity index (χ3n) is 6.06. The van der Waals surface area contributed by atoms with Crippen molar-refractivity contribution in [3.63, 3.8) is 0 Å². The van der Waals surface area contributed by atoms with E-state index in [9.17, 15) is 0 Å². The summed E-state index contributed by atoms with van der Waals surface area (Å²) in [5.41, 5.74) is 6.91. The lowest BCUT2D eigenvalue weighted by Gasteiger charge is -2.38. The first-order valence-corrected chi connectivity index (χ1v) is 11.6. The van der Waals surface area contributed by atoms with Gasteiger partial charge in [0.1, 0.15) is 5.75 Å². The maximum absolute atomic E-state index is 5.67. The molecule has 1 unspecified atom stereocenters. The van der Waals surface area contributed by atoms with Crippen molar-refractivity contribution in [1.82, 2.24) is 9.88 Å². The summed E-state index contributed by atoms with van der Waals surface area (Å²) >= 11 is 1.94. The summed E-state index contributed by atoms with van der Waals surface area (Å²) in [6.45, 7) is 4.48. The summed E-state index contributed by atoms with van der Waals surface area (Å²) in [7, 11) is 1.79. The normalized spacial score (nSPS) is 17.0. The van der Waals surface area contributed by atoms with Gasteiger partial charge in [-0.1, -0.05) is 31.2 Å². The molecule has 2 heterocycles. The zero-order valence-corrected chi connectivity index (χ0v) is 17.9. The van der Waals surface area contributed by atoms with Crippen LogP contribution in [0.5, 0.6) is 5.75 Å². The number of benzene rings is 2. The number of para-hydroxylation sites is 1. The Hall–Kier alpha value is -1.91. The summed E-state index contributed by atoms with van der Waals surface area (Å²) in [6, 6.07) is 13.8. The Labute approximate surface area is 172 Å². The Bertz CT molecular complexity index is 949. The van der Waals surface area contributed by atoms with Crippen molar-refractivity contribution in [1.29, 1.82) is 0 Å². The van der Waals surface area contributed by atoms with Crippen LogP contribution in [0.25, 0.3) is 10.9 Å². The summed E-state index contributed by atoms with van der Waals surface area (Å²) in [4.78, 5) is 6.14. The number of thioether (sulfide) groups is 1. The Morgan fingerprint density at radius 2 is 2.07 bits per heavy atom. The molecule has 0 amide bonds. The number of aromatic nitrogens is 1. The molecule has 1 N–H and O–H groups in total. The summed E-state index contributed by atoms with van der Waals surface area (Å²) in [5.74, 6) is 2.22. The van der Waals surface area contributed by atoms with Crippen LogP contribution < -0.4 is 4.74 Å². The predicted octanol–water partition coefficient (Wildman–Crippen LogP) is 5.24. The van der Waals surface area contributed by atoms with Gasteiger partial charge in [0.25, 0.3) is 0 Å². The van der Waals surface area contributed by atoms with E-state index in [2.05, 4.69) is 65.7 Å². The molecule has 2 aromatic carbocycles. The van der Waals surface area contributed by atoms with E-state index in [0.29, 0.717) is 6.04 Å². The van der Waals surface area contributed by atoms with Crippen LogP contribution in [0.2, 0.25) is 0 Å². The van der Waals surface area contributed by atoms with Crippen LogP contribution in [0.15, 0.2) is 42.6 Å². The average Bonchev–Trinajstić information content (AvgIpc) is 3.15. The van der Waals surface area contributed by atoms with Crippen molar-refractivity contribution >= 4 is 22.7 Å². The molecule has 3 aromatic rings. The van der Waals surface area contributed by atoms with E-state index in [1.807, 2.05) is 11.8 Å². The van der Waals surface area contributed by atoms with E-state index >= 15 is 0 Å². The summed E-state index contributed by atoms with van der Waals surface area (Å²) in [6.07, 6.45) is 7.55. The van der Waals surface area contributed by atoms with E-state index in [1.54, 1.807) is 7.11 Å². The third-order valence-corrected chi connectivity index (χ3v) is 6.65. The number of hydrogen-bond acceptors (Lipinski definition) is 3. The van der Waals surface area contributed by atoms with E-state index < -0.39 is 0 Å². The van der Waals surface area contributed by atoms with Gasteiger partial charge in [0.05, 0.1) is 7.11 Å². The fourth-order valence-corrected chi connectivity index (χ4v) is 4.94. The Kier molecular flexibility index (Phi) is 5.98. The number of ether oxygens (including phenoxy) is 1. The van der Waals surface area contributed by atoms with Gasteiger partial charge in [-0.3, -0.25) is 4.90 Å². The second-order valence-corrected chi connectivity index (χ2v) is 8.56. The number of hydrogen-bond donors (Lipinski definition) is 1. The molecule has 4 heteroatoms. The van der Waals surface area contributed by atoms with Crippen LogP contribution >= 0.6 is 11.8 Å². The number of nitrogens with one attached hydrogen (secondary N) is 1. The van der Waals surface area contributed by atoms with Crippen LogP contribution in [0, 0.1) is 0 Å². The Morgan fingerprint density at radius 3 is 2.86 bits per heavy atom. The minimum Gasteiger partial charge on any atom is -0.496 e. The van der Waals surface area contributed by atoms with Gasteiger partial charge in [0.15, 0.2) is 0 Å².